The summed E-state index contributed by atoms with van der Waals surface area (Å²) in [6.45, 7) is 0. The van der Waals surface area contributed by atoms with E-state index in [2.05, 4.69) is 0 Å². The predicted molar refractivity (Wildman–Crippen MR) is 59.8 cm³/mol. The molecule has 88 valence electrons. The van der Waals surface area contributed by atoms with E-state index in [1.54, 1.807) is 18.2 Å². The molecule has 0 amide bonds. The summed E-state index contributed by atoms with van der Waals surface area (Å²) in [5, 5.41) is -0.227. The summed E-state index contributed by atoms with van der Waals surface area (Å²) >= 11 is 0. The van der Waals surface area contributed by atoms with Crippen molar-refractivity contribution in [2.24, 2.45) is 0 Å². The Hall–Kier alpha value is -1.23. The number of sulfone groups is 1. The average molecular weight is 242 g/mol. The molecule has 0 atom stereocenters. The average Bonchev–Trinajstić information content (AvgIpc) is 3.12. The van der Waals surface area contributed by atoms with Gasteiger partial charge in [-0.3, -0.25) is 0 Å². The molecule has 4 nitrogen and oxygen atoms in total. The Balaban J connectivity index is 2.48. The van der Waals surface area contributed by atoms with Gasteiger partial charge in [0.1, 0.15) is 16.4 Å². The molecule has 0 aromatic heterocycles. The molecule has 1 aliphatic carbocycles. The summed E-state index contributed by atoms with van der Waals surface area (Å²) < 4.78 is 34.2. The van der Waals surface area contributed by atoms with Gasteiger partial charge >= 0.3 is 0 Å². The Kier molecular flexibility index (Phi) is 2.80. The van der Waals surface area contributed by atoms with Crippen molar-refractivity contribution in [3.05, 3.63) is 18.2 Å². The molecule has 0 N–H and O–H groups in total. The largest absolute Gasteiger partial charge is 0.497 e. The standard InChI is InChI=1S/C11H14O4S/c1-14-8-3-6-11(10(7-8)15-2)16(12,13)9-4-5-9/h3,6-7,9H,4-5H2,1-2H3. The molecule has 0 radical (unpaired) electrons. The maximum absolute atomic E-state index is 12.1. The van der Waals surface area contributed by atoms with Crippen LogP contribution in [0.3, 0.4) is 0 Å². The second kappa shape index (κ2) is 3.97. The smallest absolute Gasteiger partial charge is 0.184 e. The summed E-state index contributed by atoms with van der Waals surface area (Å²) in [6.07, 6.45) is 1.50. The molecule has 2 rings (SSSR count). The molecule has 0 unspecified atom stereocenters. The number of methoxy groups -OCH3 is 2. The number of ether oxygens (including phenoxy) is 2. The van der Waals surface area contributed by atoms with Gasteiger partial charge in [-0.05, 0) is 25.0 Å². The van der Waals surface area contributed by atoms with Crippen LogP contribution < -0.4 is 9.47 Å². The molecule has 1 aromatic rings. The number of rotatable bonds is 4. The quantitative estimate of drug-likeness (QED) is 0.805. The minimum Gasteiger partial charge on any atom is -0.497 e. The van der Waals surface area contributed by atoms with Crippen molar-refractivity contribution in [3.63, 3.8) is 0 Å². The van der Waals surface area contributed by atoms with E-state index in [0.717, 1.165) is 12.8 Å². The fourth-order valence-electron chi connectivity index (χ4n) is 1.57. The lowest BCUT2D eigenvalue weighted by molar-refractivity contribution is 0.386. The summed E-state index contributed by atoms with van der Waals surface area (Å²) in [5.74, 6) is 0.942. The summed E-state index contributed by atoms with van der Waals surface area (Å²) in [7, 11) is -0.223. The van der Waals surface area contributed by atoms with Gasteiger partial charge in [-0.25, -0.2) is 8.42 Å². The van der Waals surface area contributed by atoms with Crippen molar-refractivity contribution in [1.82, 2.24) is 0 Å². The highest BCUT2D eigenvalue weighted by Crippen LogP contribution is 2.38. The van der Waals surface area contributed by atoms with Crippen molar-refractivity contribution < 1.29 is 17.9 Å². The van der Waals surface area contributed by atoms with Gasteiger partial charge in [-0.2, -0.15) is 0 Å². The van der Waals surface area contributed by atoms with Crippen LogP contribution in [0, 0.1) is 0 Å². The van der Waals surface area contributed by atoms with Crippen LogP contribution >= 0.6 is 0 Å². The highest BCUT2D eigenvalue weighted by Gasteiger charge is 2.38. The molecule has 1 aliphatic rings. The van der Waals surface area contributed by atoms with Crippen LogP contribution in [0.2, 0.25) is 0 Å². The van der Waals surface area contributed by atoms with E-state index in [0.29, 0.717) is 11.5 Å². The lowest BCUT2D eigenvalue weighted by atomic mass is 10.3. The zero-order valence-corrected chi connectivity index (χ0v) is 10.1. The van der Waals surface area contributed by atoms with E-state index >= 15 is 0 Å². The van der Waals surface area contributed by atoms with E-state index in [4.69, 9.17) is 9.47 Å². The molecular formula is C11H14O4S. The van der Waals surface area contributed by atoms with E-state index in [9.17, 15) is 8.42 Å². The van der Waals surface area contributed by atoms with Crippen molar-refractivity contribution in [1.29, 1.82) is 0 Å². The van der Waals surface area contributed by atoms with Crippen LogP contribution in [-0.4, -0.2) is 27.9 Å². The van der Waals surface area contributed by atoms with Crippen LogP contribution in [-0.2, 0) is 9.84 Å². The number of hydrogen-bond donors (Lipinski definition) is 0. The molecule has 5 heteroatoms. The van der Waals surface area contributed by atoms with Crippen molar-refractivity contribution in [3.8, 4) is 11.5 Å². The molecule has 0 spiro atoms. The maximum atomic E-state index is 12.1. The molecular weight excluding hydrogens is 228 g/mol. The SMILES string of the molecule is COc1ccc(S(=O)(=O)C2CC2)c(OC)c1. The lowest BCUT2D eigenvalue weighted by Gasteiger charge is -2.10. The Morgan fingerprint density at radius 2 is 1.88 bits per heavy atom. The van der Waals surface area contributed by atoms with Crippen molar-refractivity contribution in [2.75, 3.05) is 14.2 Å². The summed E-state index contributed by atoms with van der Waals surface area (Å²) in [5.41, 5.74) is 0. The minimum absolute atomic E-state index is 0.227. The van der Waals surface area contributed by atoms with Gasteiger partial charge in [0.25, 0.3) is 0 Å². The number of hydrogen-bond acceptors (Lipinski definition) is 4. The Bertz CT molecular complexity index is 489. The van der Waals surface area contributed by atoms with Gasteiger partial charge in [-0.1, -0.05) is 0 Å². The van der Waals surface area contributed by atoms with Crippen LogP contribution in [0.5, 0.6) is 11.5 Å². The molecule has 16 heavy (non-hydrogen) atoms. The zero-order chi connectivity index (χ0) is 11.8. The van der Waals surface area contributed by atoms with Gasteiger partial charge in [-0.15, -0.1) is 0 Å². The minimum atomic E-state index is -3.21. The number of benzene rings is 1. The van der Waals surface area contributed by atoms with Crippen molar-refractivity contribution >= 4 is 9.84 Å². The first kappa shape index (κ1) is 11.3. The van der Waals surface area contributed by atoms with Gasteiger partial charge in [0, 0.05) is 6.07 Å². The van der Waals surface area contributed by atoms with E-state index in [1.807, 2.05) is 0 Å². The molecule has 1 saturated carbocycles. The van der Waals surface area contributed by atoms with E-state index in [1.165, 1.54) is 14.2 Å². The van der Waals surface area contributed by atoms with Crippen LogP contribution in [0.15, 0.2) is 23.1 Å². The highest BCUT2D eigenvalue weighted by atomic mass is 32.2. The topological polar surface area (TPSA) is 52.6 Å². The van der Waals surface area contributed by atoms with Gasteiger partial charge in [0.15, 0.2) is 9.84 Å². The van der Waals surface area contributed by atoms with Gasteiger partial charge in [0.2, 0.25) is 0 Å². The van der Waals surface area contributed by atoms with Crippen LogP contribution in [0.25, 0.3) is 0 Å². The molecule has 0 aliphatic heterocycles. The third kappa shape index (κ3) is 1.87. The normalized spacial score (nSPS) is 15.9. The molecule has 1 fully saturated rings. The van der Waals surface area contributed by atoms with Crippen LogP contribution in [0.1, 0.15) is 12.8 Å². The fraction of sp³-hybridized carbons (Fsp3) is 0.455. The Morgan fingerprint density at radius 3 is 2.38 bits per heavy atom. The van der Waals surface area contributed by atoms with E-state index < -0.39 is 9.84 Å². The van der Waals surface area contributed by atoms with Crippen LogP contribution in [0.4, 0.5) is 0 Å². The second-order valence-electron chi connectivity index (χ2n) is 3.76. The maximum Gasteiger partial charge on any atom is 0.184 e. The monoisotopic (exact) mass is 242 g/mol. The highest BCUT2D eigenvalue weighted by molar-refractivity contribution is 7.92. The first-order valence-electron chi connectivity index (χ1n) is 5.05. The third-order valence-corrected chi connectivity index (χ3v) is 4.94. The Labute approximate surface area is 95.1 Å². The summed E-state index contributed by atoms with van der Waals surface area (Å²) in [4.78, 5) is 0.262. The van der Waals surface area contributed by atoms with Crippen molar-refractivity contribution in [2.45, 2.75) is 23.0 Å². The van der Waals surface area contributed by atoms with Gasteiger partial charge in [0.05, 0.1) is 19.5 Å². The zero-order valence-electron chi connectivity index (χ0n) is 9.26. The lowest BCUT2D eigenvalue weighted by Crippen LogP contribution is -2.08. The fourth-order valence-corrected chi connectivity index (χ4v) is 3.36. The molecule has 0 saturated heterocycles. The molecule has 1 aromatic carbocycles. The summed E-state index contributed by atoms with van der Waals surface area (Å²) in [6, 6.07) is 4.78. The molecule has 0 bridgehead atoms. The molecule has 0 heterocycles. The third-order valence-electron chi connectivity index (χ3n) is 2.64. The van der Waals surface area contributed by atoms with Gasteiger partial charge < -0.3 is 9.47 Å². The first-order chi connectivity index (χ1) is 7.59. The first-order valence-corrected chi connectivity index (χ1v) is 6.60. The van der Waals surface area contributed by atoms with E-state index in [-0.39, 0.29) is 10.1 Å². The second-order valence-corrected chi connectivity index (χ2v) is 5.96. The Morgan fingerprint density at radius 1 is 1.19 bits per heavy atom. The predicted octanol–water partition coefficient (Wildman–Crippen LogP) is 1.64.